The van der Waals surface area contributed by atoms with Crippen LogP contribution in [0.1, 0.15) is 49.6 Å². The molecule has 0 bridgehead atoms. The maximum atomic E-state index is 6.51. The molecule has 1 saturated carbocycles. The van der Waals surface area contributed by atoms with E-state index in [0.29, 0.717) is 24.1 Å². The summed E-state index contributed by atoms with van der Waals surface area (Å²) in [6.45, 7) is 7.29. The lowest BCUT2D eigenvalue weighted by Gasteiger charge is -2.35. The molecule has 2 aliphatic rings. The van der Waals surface area contributed by atoms with Crippen molar-refractivity contribution in [3.8, 4) is 22.8 Å². The number of oxazole rings is 1. The van der Waals surface area contributed by atoms with Crippen LogP contribution < -0.4 is 14.4 Å². The second-order valence-corrected chi connectivity index (χ2v) is 9.62. The molecule has 1 saturated heterocycles. The second kappa shape index (κ2) is 10.1. The van der Waals surface area contributed by atoms with Crippen LogP contribution >= 0.6 is 0 Å². The van der Waals surface area contributed by atoms with Gasteiger partial charge in [0.05, 0.1) is 32.1 Å². The van der Waals surface area contributed by atoms with Gasteiger partial charge in [0.15, 0.2) is 0 Å². The number of hydrogen-bond donors (Lipinski definition) is 0. The highest BCUT2D eigenvalue weighted by atomic mass is 16.5. The van der Waals surface area contributed by atoms with Crippen molar-refractivity contribution in [2.75, 3.05) is 46.0 Å². The smallest absolute Gasteiger partial charge is 0.246 e. The van der Waals surface area contributed by atoms with Crippen LogP contribution in [0.25, 0.3) is 17.0 Å². The first-order chi connectivity index (χ1) is 17.1. The minimum Gasteiger partial charge on any atom is -0.496 e. The van der Waals surface area contributed by atoms with Crippen molar-refractivity contribution >= 4 is 11.4 Å². The van der Waals surface area contributed by atoms with E-state index in [2.05, 4.69) is 11.8 Å². The Balaban J connectivity index is 1.68. The van der Waals surface area contributed by atoms with Gasteiger partial charge in [0.1, 0.15) is 28.6 Å². The number of anilines is 1. The van der Waals surface area contributed by atoms with Crippen LogP contribution in [0.4, 0.5) is 5.69 Å². The van der Waals surface area contributed by atoms with Crippen LogP contribution in [0, 0.1) is 12.8 Å². The van der Waals surface area contributed by atoms with Crippen molar-refractivity contribution in [2.24, 2.45) is 5.92 Å². The lowest BCUT2D eigenvalue weighted by molar-refractivity contribution is 0.0842. The van der Waals surface area contributed by atoms with Crippen molar-refractivity contribution in [2.45, 2.75) is 58.6 Å². The van der Waals surface area contributed by atoms with E-state index in [0.717, 1.165) is 84.6 Å². The summed E-state index contributed by atoms with van der Waals surface area (Å²) < 4.78 is 31.1. The Bertz CT molecular complexity index is 1150. The molecule has 1 aliphatic carbocycles. The van der Waals surface area contributed by atoms with Gasteiger partial charge in [0.2, 0.25) is 5.71 Å². The van der Waals surface area contributed by atoms with Crippen LogP contribution in [0.2, 0.25) is 0 Å². The van der Waals surface area contributed by atoms with Crippen LogP contribution in [0.15, 0.2) is 16.5 Å². The molecule has 0 amide bonds. The molecule has 1 aliphatic heterocycles. The number of aromatic nitrogens is 2. The van der Waals surface area contributed by atoms with Crippen LogP contribution in [-0.2, 0) is 22.5 Å². The molecule has 5 rings (SSSR count). The summed E-state index contributed by atoms with van der Waals surface area (Å²) in [6, 6.07) is 4.42. The molecule has 0 N–H and O–H groups in total. The molecular weight excluding hydrogens is 446 g/mol. The average molecular weight is 484 g/mol. The van der Waals surface area contributed by atoms with Gasteiger partial charge < -0.3 is 28.3 Å². The zero-order valence-corrected chi connectivity index (χ0v) is 21.6. The quantitative estimate of drug-likeness (QED) is 0.401. The number of ether oxygens (including phenoxy) is 4. The van der Waals surface area contributed by atoms with E-state index in [1.807, 2.05) is 23.6 Å². The van der Waals surface area contributed by atoms with Gasteiger partial charge in [0, 0.05) is 32.9 Å². The summed E-state index contributed by atoms with van der Waals surface area (Å²) >= 11 is 0. The van der Waals surface area contributed by atoms with E-state index in [9.17, 15) is 0 Å². The molecule has 2 aromatic heterocycles. The SMILES string of the molecule is CCc1nn2c(-c3c(OC)cc(COC)cc3OC)c(C)oc2c1N(CC1CC1)C1CCOCC1. The van der Waals surface area contributed by atoms with Crippen LogP contribution in [0.3, 0.4) is 0 Å². The van der Waals surface area contributed by atoms with E-state index in [1.54, 1.807) is 21.3 Å². The summed E-state index contributed by atoms with van der Waals surface area (Å²) in [6.07, 6.45) is 5.49. The van der Waals surface area contributed by atoms with E-state index >= 15 is 0 Å². The molecule has 0 unspecified atom stereocenters. The fourth-order valence-electron chi connectivity index (χ4n) is 5.28. The lowest BCUT2D eigenvalue weighted by Crippen LogP contribution is -2.41. The van der Waals surface area contributed by atoms with Gasteiger partial charge in [-0.3, -0.25) is 0 Å². The minimum atomic E-state index is 0.439. The number of hydrogen-bond acceptors (Lipinski definition) is 7. The molecule has 0 atom stereocenters. The third-order valence-corrected chi connectivity index (χ3v) is 7.20. The number of methoxy groups -OCH3 is 3. The van der Waals surface area contributed by atoms with Crippen molar-refractivity contribution in [1.82, 2.24) is 9.61 Å². The van der Waals surface area contributed by atoms with Gasteiger partial charge in [-0.05, 0) is 62.6 Å². The summed E-state index contributed by atoms with van der Waals surface area (Å²) in [7, 11) is 5.03. The second-order valence-electron chi connectivity index (χ2n) is 9.62. The molecule has 0 spiro atoms. The van der Waals surface area contributed by atoms with Gasteiger partial charge in [-0.15, -0.1) is 0 Å². The number of benzene rings is 1. The van der Waals surface area contributed by atoms with Crippen LogP contribution in [-0.4, -0.2) is 56.7 Å². The first kappa shape index (κ1) is 24.0. The highest BCUT2D eigenvalue weighted by Crippen LogP contribution is 2.45. The molecule has 2 fully saturated rings. The van der Waals surface area contributed by atoms with Crippen molar-refractivity contribution in [3.05, 3.63) is 29.2 Å². The molecule has 8 heteroatoms. The van der Waals surface area contributed by atoms with Gasteiger partial charge in [-0.1, -0.05) is 6.92 Å². The number of rotatable bonds is 10. The van der Waals surface area contributed by atoms with Gasteiger partial charge in [0.25, 0.3) is 0 Å². The highest BCUT2D eigenvalue weighted by molar-refractivity contribution is 5.81. The lowest BCUT2D eigenvalue weighted by atomic mass is 10.0. The first-order valence-electron chi connectivity index (χ1n) is 12.7. The Morgan fingerprint density at radius 1 is 1.06 bits per heavy atom. The fourth-order valence-corrected chi connectivity index (χ4v) is 5.28. The molecule has 8 nitrogen and oxygen atoms in total. The Labute approximate surface area is 207 Å². The normalized spacial score (nSPS) is 16.7. The fraction of sp³-hybridized carbons (Fsp3) is 0.593. The zero-order valence-electron chi connectivity index (χ0n) is 21.6. The number of fused-ring (bicyclic) bond motifs is 1. The topological polar surface area (TPSA) is 70.6 Å². The predicted molar refractivity (Wildman–Crippen MR) is 135 cm³/mol. The zero-order chi connectivity index (χ0) is 24.5. The van der Waals surface area contributed by atoms with Gasteiger partial charge in [-0.2, -0.15) is 9.61 Å². The Kier molecular flexibility index (Phi) is 6.93. The standard InChI is InChI=1S/C27H37N3O5/c1-6-21-26(29(15-18-7-8-18)20-9-11-34-12-10-20)27-30(28-21)25(17(2)35-27)24-22(32-4)13-19(16-31-3)14-23(24)33-5/h13-14,18,20H,6-12,15-16H2,1-5H3. The third-order valence-electron chi connectivity index (χ3n) is 7.20. The number of nitrogens with zero attached hydrogens (tertiary/aromatic N) is 3. The molecular formula is C27H37N3O5. The Morgan fingerprint density at radius 3 is 2.31 bits per heavy atom. The monoisotopic (exact) mass is 483 g/mol. The van der Waals surface area contributed by atoms with E-state index in [-0.39, 0.29) is 0 Å². The highest BCUT2D eigenvalue weighted by Gasteiger charge is 2.35. The maximum Gasteiger partial charge on any atom is 0.246 e. The molecule has 3 aromatic rings. The molecule has 0 radical (unpaired) electrons. The summed E-state index contributed by atoms with van der Waals surface area (Å²) in [5.41, 5.74) is 5.67. The van der Waals surface area contributed by atoms with E-state index in [1.165, 1.54) is 12.8 Å². The Morgan fingerprint density at radius 2 is 1.74 bits per heavy atom. The molecule has 35 heavy (non-hydrogen) atoms. The number of aryl methyl sites for hydroxylation is 2. The first-order valence-corrected chi connectivity index (χ1v) is 12.7. The molecule has 190 valence electrons. The van der Waals surface area contributed by atoms with E-state index < -0.39 is 0 Å². The van der Waals surface area contributed by atoms with Crippen molar-refractivity contribution < 1.29 is 23.4 Å². The van der Waals surface area contributed by atoms with E-state index in [4.69, 9.17) is 28.5 Å². The average Bonchev–Trinajstić information content (AvgIpc) is 3.56. The maximum absolute atomic E-state index is 6.51. The van der Waals surface area contributed by atoms with Gasteiger partial charge in [-0.25, -0.2) is 0 Å². The summed E-state index contributed by atoms with van der Waals surface area (Å²) in [5, 5.41) is 5.10. The summed E-state index contributed by atoms with van der Waals surface area (Å²) in [4.78, 5) is 2.57. The molecule has 1 aromatic carbocycles. The third kappa shape index (κ3) is 4.49. The Hall–Kier alpha value is -2.71. The molecule has 3 heterocycles. The predicted octanol–water partition coefficient (Wildman–Crippen LogP) is 5.02. The van der Waals surface area contributed by atoms with Crippen molar-refractivity contribution in [3.63, 3.8) is 0 Å². The summed E-state index contributed by atoms with van der Waals surface area (Å²) in [5.74, 6) is 2.94. The minimum absolute atomic E-state index is 0.439. The van der Waals surface area contributed by atoms with Gasteiger partial charge >= 0.3 is 0 Å². The van der Waals surface area contributed by atoms with Crippen LogP contribution in [0.5, 0.6) is 11.5 Å². The van der Waals surface area contributed by atoms with Crippen molar-refractivity contribution in [1.29, 1.82) is 0 Å². The largest absolute Gasteiger partial charge is 0.496 e.